The van der Waals surface area contributed by atoms with Crippen LogP contribution in [0.2, 0.25) is 0 Å². The third-order valence-electron chi connectivity index (χ3n) is 8.63. The molecule has 3 aliphatic carbocycles. The molecular weight excluding hydrogens is 352 g/mol. The molecule has 1 heteroatoms. The van der Waals surface area contributed by atoms with Gasteiger partial charge in [-0.2, -0.15) is 0 Å². The van der Waals surface area contributed by atoms with Crippen molar-refractivity contribution in [2.45, 2.75) is 92.1 Å². The molecule has 0 spiro atoms. The molecule has 0 saturated heterocycles. The van der Waals surface area contributed by atoms with E-state index in [1.165, 1.54) is 43.3 Å². The Kier molecular flexibility index (Phi) is 7.31. The molecule has 0 aromatic rings. The minimum atomic E-state index is -0.182. The molecule has 3 rings (SSSR count). The topological polar surface area (TPSA) is 20.2 Å². The second kappa shape index (κ2) is 9.38. The molecule has 0 bridgehead atoms. The van der Waals surface area contributed by atoms with E-state index >= 15 is 0 Å². The fourth-order valence-corrected chi connectivity index (χ4v) is 6.25. The number of rotatable bonds is 5. The van der Waals surface area contributed by atoms with Crippen LogP contribution >= 0.6 is 0 Å². The lowest BCUT2D eigenvalue weighted by molar-refractivity contribution is 0.112. The number of allylic oxidation sites excluding steroid dienone is 6. The molecule has 162 valence electrons. The van der Waals surface area contributed by atoms with Gasteiger partial charge in [-0.25, -0.2) is 0 Å². The lowest BCUT2D eigenvalue weighted by atomic mass is 9.61. The van der Waals surface area contributed by atoms with E-state index in [1.54, 1.807) is 5.57 Å². The van der Waals surface area contributed by atoms with Crippen LogP contribution in [0.25, 0.3) is 0 Å². The van der Waals surface area contributed by atoms with E-state index < -0.39 is 0 Å². The number of aliphatic hydroxyl groups is 1. The average molecular weight is 397 g/mol. The SMILES string of the molecule is C=C1CC[C@H](O)CC1=CC=C1CCC[C@@]2(C)[C@@H]1CC[C@@H]2[C@H](C)C=C[C@H](C)C(C)C. The molecule has 3 aliphatic rings. The summed E-state index contributed by atoms with van der Waals surface area (Å²) in [5, 5.41) is 10.0. The number of hydrogen-bond donors (Lipinski definition) is 1. The number of hydrogen-bond acceptors (Lipinski definition) is 1. The van der Waals surface area contributed by atoms with Gasteiger partial charge in [-0.1, -0.05) is 76.6 Å². The minimum Gasteiger partial charge on any atom is -0.393 e. The van der Waals surface area contributed by atoms with Crippen molar-refractivity contribution >= 4 is 0 Å². The minimum absolute atomic E-state index is 0.182. The first-order valence-electron chi connectivity index (χ1n) is 12.2. The highest BCUT2D eigenvalue weighted by Gasteiger charge is 2.50. The summed E-state index contributed by atoms with van der Waals surface area (Å²) in [6.45, 7) is 16.3. The third kappa shape index (κ3) is 4.98. The highest BCUT2D eigenvalue weighted by Crippen LogP contribution is 2.59. The summed E-state index contributed by atoms with van der Waals surface area (Å²) >= 11 is 0. The maximum atomic E-state index is 10.0. The number of aliphatic hydroxyl groups excluding tert-OH is 1. The van der Waals surface area contributed by atoms with E-state index in [9.17, 15) is 5.11 Å². The molecule has 1 N–H and O–H groups in total. The molecule has 1 nitrogen and oxygen atoms in total. The molecule has 0 heterocycles. The summed E-state index contributed by atoms with van der Waals surface area (Å²) in [5.41, 5.74) is 4.61. The van der Waals surface area contributed by atoms with Crippen LogP contribution in [-0.4, -0.2) is 11.2 Å². The molecule has 0 unspecified atom stereocenters. The second-order valence-electron chi connectivity index (χ2n) is 10.9. The van der Waals surface area contributed by atoms with Gasteiger partial charge in [-0.05, 0) is 91.9 Å². The van der Waals surface area contributed by atoms with Crippen LogP contribution in [0.5, 0.6) is 0 Å². The van der Waals surface area contributed by atoms with Crippen LogP contribution in [0.3, 0.4) is 0 Å². The Hall–Kier alpha value is -1.08. The molecule has 0 amide bonds. The van der Waals surface area contributed by atoms with Gasteiger partial charge in [-0.3, -0.25) is 0 Å². The molecule has 0 aliphatic heterocycles. The molecular formula is C28H44O. The first-order valence-corrected chi connectivity index (χ1v) is 12.2. The summed E-state index contributed by atoms with van der Waals surface area (Å²) in [4.78, 5) is 0. The van der Waals surface area contributed by atoms with Gasteiger partial charge in [0, 0.05) is 0 Å². The first kappa shape index (κ1) is 22.6. The van der Waals surface area contributed by atoms with Gasteiger partial charge in [0.2, 0.25) is 0 Å². The third-order valence-corrected chi connectivity index (χ3v) is 8.63. The van der Waals surface area contributed by atoms with Crippen molar-refractivity contribution in [3.05, 3.63) is 47.6 Å². The van der Waals surface area contributed by atoms with Crippen LogP contribution in [0.15, 0.2) is 47.6 Å². The largest absolute Gasteiger partial charge is 0.393 e. The van der Waals surface area contributed by atoms with Crippen molar-refractivity contribution in [2.75, 3.05) is 0 Å². The summed E-state index contributed by atoms with van der Waals surface area (Å²) in [6, 6.07) is 0. The zero-order valence-electron chi connectivity index (χ0n) is 19.6. The average Bonchev–Trinajstić information content (AvgIpc) is 3.04. The first-order chi connectivity index (χ1) is 13.7. The summed E-state index contributed by atoms with van der Waals surface area (Å²) < 4.78 is 0. The monoisotopic (exact) mass is 396 g/mol. The summed E-state index contributed by atoms with van der Waals surface area (Å²) in [5.74, 6) is 3.58. The standard InChI is InChI=1S/C28H44O/c1-19(2)20(3)9-10-22(5)26-15-16-27-23(8-7-17-28(26,27)6)12-13-24-18-25(29)14-11-21(24)4/h9-10,12-13,19-20,22,25-27,29H,4,7-8,11,14-18H2,1-3,5-6H3/t20-,22+,25-,26+,27+,28+/m0/s1. The molecule has 29 heavy (non-hydrogen) atoms. The lowest BCUT2D eigenvalue weighted by Crippen LogP contribution is -2.35. The smallest absolute Gasteiger partial charge is 0.0583 e. The maximum absolute atomic E-state index is 10.0. The van der Waals surface area contributed by atoms with E-state index in [-0.39, 0.29) is 6.10 Å². The van der Waals surface area contributed by atoms with E-state index in [4.69, 9.17) is 0 Å². The molecule has 0 aromatic carbocycles. The van der Waals surface area contributed by atoms with Crippen molar-refractivity contribution in [1.82, 2.24) is 0 Å². The summed E-state index contributed by atoms with van der Waals surface area (Å²) in [7, 11) is 0. The van der Waals surface area contributed by atoms with Crippen molar-refractivity contribution < 1.29 is 5.11 Å². The van der Waals surface area contributed by atoms with Crippen LogP contribution in [0.1, 0.15) is 86.0 Å². The zero-order valence-corrected chi connectivity index (χ0v) is 19.6. The van der Waals surface area contributed by atoms with Crippen molar-refractivity contribution in [3.8, 4) is 0 Å². The van der Waals surface area contributed by atoms with Crippen LogP contribution < -0.4 is 0 Å². The van der Waals surface area contributed by atoms with Crippen molar-refractivity contribution in [1.29, 1.82) is 0 Å². The van der Waals surface area contributed by atoms with E-state index in [0.717, 1.165) is 37.0 Å². The maximum Gasteiger partial charge on any atom is 0.0583 e. The predicted molar refractivity (Wildman–Crippen MR) is 126 cm³/mol. The molecule has 6 atom stereocenters. The second-order valence-corrected chi connectivity index (χ2v) is 10.9. The normalized spacial score (nSPS) is 38.2. The van der Waals surface area contributed by atoms with Gasteiger partial charge < -0.3 is 5.11 Å². The predicted octanol–water partition coefficient (Wildman–Crippen LogP) is 7.64. The highest BCUT2D eigenvalue weighted by atomic mass is 16.3. The zero-order chi connectivity index (χ0) is 21.2. The van der Waals surface area contributed by atoms with Crippen LogP contribution in [0, 0.1) is 35.0 Å². The molecule has 3 fully saturated rings. The lowest BCUT2D eigenvalue weighted by Gasteiger charge is -2.44. The van der Waals surface area contributed by atoms with Crippen LogP contribution in [0.4, 0.5) is 0 Å². The Morgan fingerprint density at radius 1 is 1.03 bits per heavy atom. The summed E-state index contributed by atoms with van der Waals surface area (Å²) in [6.07, 6.45) is 18.8. The van der Waals surface area contributed by atoms with Gasteiger partial charge in [-0.15, -0.1) is 0 Å². The van der Waals surface area contributed by atoms with E-state index in [2.05, 4.69) is 65.5 Å². The Morgan fingerprint density at radius 3 is 2.52 bits per heavy atom. The van der Waals surface area contributed by atoms with Gasteiger partial charge >= 0.3 is 0 Å². The van der Waals surface area contributed by atoms with Crippen molar-refractivity contribution in [2.24, 2.45) is 35.0 Å². The molecule has 0 radical (unpaired) electrons. The van der Waals surface area contributed by atoms with E-state index in [0.29, 0.717) is 17.3 Å². The van der Waals surface area contributed by atoms with Gasteiger partial charge in [0.1, 0.15) is 0 Å². The Balaban J connectivity index is 1.75. The fraction of sp³-hybridized carbons (Fsp3) is 0.714. The van der Waals surface area contributed by atoms with Crippen LogP contribution in [-0.2, 0) is 0 Å². The fourth-order valence-electron chi connectivity index (χ4n) is 6.25. The van der Waals surface area contributed by atoms with Crippen molar-refractivity contribution in [3.63, 3.8) is 0 Å². The van der Waals surface area contributed by atoms with Gasteiger partial charge in [0.25, 0.3) is 0 Å². The molecule has 0 aromatic heterocycles. The highest BCUT2D eigenvalue weighted by molar-refractivity contribution is 5.36. The van der Waals surface area contributed by atoms with Gasteiger partial charge in [0.05, 0.1) is 6.10 Å². The number of fused-ring (bicyclic) bond motifs is 1. The van der Waals surface area contributed by atoms with E-state index in [1.807, 2.05) is 0 Å². The Labute approximate surface area is 180 Å². The Morgan fingerprint density at radius 2 is 1.79 bits per heavy atom. The quantitative estimate of drug-likeness (QED) is 0.473. The van der Waals surface area contributed by atoms with Gasteiger partial charge in [0.15, 0.2) is 0 Å². The Bertz CT molecular complexity index is 678. The molecule has 3 saturated carbocycles.